The molecule has 1 saturated heterocycles. The van der Waals surface area contributed by atoms with Crippen molar-refractivity contribution in [1.29, 1.82) is 0 Å². The average molecular weight is 342 g/mol. The molecular formula is C17H28ClN3O2. The lowest BCUT2D eigenvalue weighted by Gasteiger charge is -2.22. The van der Waals surface area contributed by atoms with E-state index in [9.17, 15) is 5.11 Å². The van der Waals surface area contributed by atoms with Crippen LogP contribution in [0.25, 0.3) is 0 Å². The molecule has 1 unspecified atom stereocenters. The smallest absolute Gasteiger partial charge is 0.214 e. The van der Waals surface area contributed by atoms with Gasteiger partial charge in [0.05, 0.1) is 6.61 Å². The molecule has 1 aromatic heterocycles. The van der Waals surface area contributed by atoms with Crippen molar-refractivity contribution < 1.29 is 9.84 Å². The van der Waals surface area contributed by atoms with Crippen LogP contribution in [0.5, 0.6) is 5.88 Å². The van der Waals surface area contributed by atoms with E-state index in [-0.39, 0.29) is 0 Å². The van der Waals surface area contributed by atoms with Gasteiger partial charge in [0, 0.05) is 11.6 Å². The zero-order valence-electron chi connectivity index (χ0n) is 14.1. The molecule has 0 radical (unpaired) electrons. The molecule has 0 aromatic carbocycles. The zero-order valence-corrected chi connectivity index (χ0v) is 14.9. The number of halogens is 1. The summed E-state index contributed by atoms with van der Waals surface area (Å²) < 4.78 is 5.67. The van der Waals surface area contributed by atoms with E-state index in [2.05, 4.69) is 10.3 Å². The molecule has 1 fully saturated rings. The molecule has 1 aromatic rings. The Morgan fingerprint density at radius 3 is 2.74 bits per heavy atom. The predicted octanol–water partition coefficient (Wildman–Crippen LogP) is 2.84. The molecule has 0 amide bonds. The largest absolute Gasteiger partial charge is 0.478 e. The fourth-order valence-electron chi connectivity index (χ4n) is 2.86. The first-order valence-corrected chi connectivity index (χ1v) is 8.80. The summed E-state index contributed by atoms with van der Waals surface area (Å²) in [5.41, 5.74) is 0.593. The maximum Gasteiger partial charge on any atom is 0.214 e. The molecule has 6 heteroatoms. The van der Waals surface area contributed by atoms with Gasteiger partial charge in [0.15, 0.2) is 0 Å². The van der Waals surface area contributed by atoms with Crippen LogP contribution in [-0.4, -0.2) is 48.8 Å². The van der Waals surface area contributed by atoms with Crippen molar-refractivity contribution in [1.82, 2.24) is 15.2 Å². The van der Waals surface area contributed by atoms with Crippen LogP contribution in [0.4, 0.5) is 0 Å². The van der Waals surface area contributed by atoms with E-state index in [0.29, 0.717) is 23.2 Å². The minimum atomic E-state index is -0.756. The maximum atomic E-state index is 10.00. The highest BCUT2D eigenvalue weighted by Crippen LogP contribution is 2.25. The number of rotatable bonds is 8. The summed E-state index contributed by atoms with van der Waals surface area (Å²) >= 11 is 6.13. The molecular weight excluding hydrogens is 314 g/mol. The van der Waals surface area contributed by atoms with Gasteiger partial charge in [-0.1, -0.05) is 18.0 Å². The highest BCUT2D eigenvalue weighted by Gasteiger charge is 2.15. The second-order valence-corrected chi connectivity index (χ2v) is 6.76. The number of unbranched alkanes of at least 4 members (excludes halogenated alkanes) is 1. The van der Waals surface area contributed by atoms with Gasteiger partial charge in [-0.15, -0.1) is 0 Å². The number of aromatic nitrogens is 1. The summed E-state index contributed by atoms with van der Waals surface area (Å²) in [7, 11) is 3.57. The minimum absolute atomic E-state index is 0.290. The summed E-state index contributed by atoms with van der Waals surface area (Å²) in [6.07, 6.45) is 5.35. The lowest BCUT2D eigenvalue weighted by atomic mass is 9.93. The van der Waals surface area contributed by atoms with Crippen LogP contribution in [0.3, 0.4) is 0 Å². The summed E-state index contributed by atoms with van der Waals surface area (Å²) in [5.74, 6) is 1.39. The molecule has 1 aliphatic rings. The number of nitrogens with one attached hydrogen (secondary N) is 1. The summed E-state index contributed by atoms with van der Waals surface area (Å²) in [6, 6.07) is 3.53. The molecule has 0 bridgehead atoms. The van der Waals surface area contributed by atoms with Gasteiger partial charge in [-0.25, -0.2) is 4.98 Å². The Morgan fingerprint density at radius 1 is 1.35 bits per heavy atom. The molecule has 1 aliphatic heterocycles. The van der Waals surface area contributed by atoms with E-state index in [4.69, 9.17) is 16.3 Å². The third kappa shape index (κ3) is 5.92. The number of nitrogens with zero attached hydrogens (tertiary/aromatic N) is 2. The Balaban J connectivity index is 1.70. The van der Waals surface area contributed by atoms with Crippen molar-refractivity contribution in [2.45, 2.75) is 38.3 Å². The van der Waals surface area contributed by atoms with E-state index >= 15 is 0 Å². The second kappa shape index (κ2) is 9.42. The monoisotopic (exact) mass is 341 g/mol. The molecule has 23 heavy (non-hydrogen) atoms. The van der Waals surface area contributed by atoms with Gasteiger partial charge in [0.25, 0.3) is 0 Å². The molecule has 5 nitrogen and oxygen atoms in total. The molecule has 130 valence electrons. The quantitative estimate of drug-likeness (QED) is 0.432. The zero-order chi connectivity index (χ0) is 16.7. The summed E-state index contributed by atoms with van der Waals surface area (Å²) in [5, 5.41) is 13.7. The van der Waals surface area contributed by atoms with Gasteiger partial charge in [0.1, 0.15) is 11.4 Å². The molecule has 2 N–H and O–H groups in total. The number of hydrogen-bond acceptors (Lipinski definition) is 5. The van der Waals surface area contributed by atoms with Crippen LogP contribution in [0, 0.1) is 5.92 Å². The fourth-order valence-corrected chi connectivity index (χ4v) is 3.11. The van der Waals surface area contributed by atoms with Crippen LogP contribution in [0.2, 0.25) is 5.15 Å². The Labute approximate surface area is 144 Å². The Hall–Kier alpha value is -0.880. The van der Waals surface area contributed by atoms with Crippen molar-refractivity contribution in [3.8, 4) is 5.88 Å². The van der Waals surface area contributed by atoms with E-state index in [1.807, 2.05) is 0 Å². The summed E-state index contributed by atoms with van der Waals surface area (Å²) in [4.78, 5) is 5.88. The molecule has 0 spiro atoms. The second-order valence-electron chi connectivity index (χ2n) is 6.40. The normalized spacial score (nSPS) is 17.4. The minimum Gasteiger partial charge on any atom is -0.478 e. The summed E-state index contributed by atoms with van der Waals surface area (Å²) in [6.45, 7) is 2.98. The Bertz CT molecular complexity index is 479. The average Bonchev–Trinajstić information content (AvgIpc) is 2.55. The van der Waals surface area contributed by atoms with Crippen molar-refractivity contribution >= 4 is 11.6 Å². The van der Waals surface area contributed by atoms with E-state index in [0.717, 1.165) is 25.4 Å². The van der Waals surface area contributed by atoms with Crippen molar-refractivity contribution in [2.75, 3.05) is 33.8 Å². The van der Waals surface area contributed by atoms with Crippen LogP contribution < -0.4 is 10.1 Å². The van der Waals surface area contributed by atoms with E-state index in [1.54, 1.807) is 31.1 Å². The fraction of sp³-hybridized carbons (Fsp3) is 0.706. The molecule has 2 rings (SSSR count). The molecule has 0 aliphatic carbocycles. The predicted molar refractivity (Wildman–Crippen MR) is 92.8 cm³/mol. The maximum absolute atomic E-state index is 10.00. The highest BCUT2D eigenvalue weighted by atomic mass is 35.5. The van der Waals surface area contributed by atoms with Crippen LogP contribution >= 0.6 is 11.6 Å². The van der Waals surface area contributed by atoms with Crippen molar-refractivity contribution in [3.05, 3.63) is 22.8 Å². The van der Waals surface area contributed by atoms with E-state index in [1.165, 1.54) is 25.7 Å². The molecule has 2 heterocycles. The molecule has 1 atom stereocenters. The number of ether oxygens (including phenoxy) is 1. The van der Waals surface area contributed by atoms with Crippen molar-refractivity contribution in [2.24, 2.45) is 5.92 Å². The van der Waals surface area contributed by atoms with Gasteiger partial charge in [-0.3, -0.25) is 4.90 Å². The lowest BCUT2D eigenvalue weighted by molar-refractivity contribution is 0.0392. The number of pyridine rings is 1. The van der Waals surface area contributed by atoms with Gasteiger partial charge in [0.2, 0.25) is 5.88 Å². The Morgan fingerprint density at radius 2 is 2.09 bits per heavy atom. The van der Waals surface area contributed by atoms with Gasteiger partial charge < -0.3 is 15.2 Å². The third-order valence-electron chi connectivity index (χ3n) is 4.33. The van der Waals surface area contributed by atoms with Gasteiger partial charge >= 0.3 is 0 Å². The first-order chi connectivity index (χ1) is 11.1. The SMILES string of the molecule is CN(C)C(O)c1ccc(OCCCCC2CCNCC2)nc1Cl. The first-order valence-electron chi connectivity index (χ1n) is 8.42. The van der Waals surface area contributed by atoms with Gasteiger partial charge in [-0.05, 0) is 64.9 Å². The standard InChI is InChI=1S/C17H28ClN3O2/c1-21(2)17(22)14-6-7-15(20-16(14)18)23-12-4-3-5-13-8-10-19-11-9-13/h6-7,13,17,19,22H,3-5,8-12H2,1-2H3. The topological polar surface area (TPSA) is 57.6 Å². The number of aliphatic hydroxyl groups is 1. The van der Waals surface area contributed by atoms with Crippen LogP contribution in [0.15, 0.2) is 12.1 Å². The number of hydrogen-bond donors (Lipinski definition) is 2. The molecule has 0 saturated carbocycles. The highest BCUT2D eigenvalue weighted by molar-refractivity contribution is 6.30. The van der Waals surface area contributed by atoms with E-state index < -0.39 is 6.23 Å². The van der Waals surface area contributed by atoms with Crippen LogP contribution in [0.1, 0.15) is 43.9 Å². The number of aliphatic hydroxyl groups excluding tert-OH is 1. The third-order valence-corrected chi connectivity index (χ3v) is 4.64. The number of piperidine rings is 1. The Kier molecular flexibility index (Phi) is 7.56. The lowest BCUT2D eigenvalue weighted by Crippen LogP contribution is -2.27. The van der Waals surface area contributed by atoms with Gasteiger partial charge in [-0.2, -0.15) is 0 Å². The van der Waals surface area contributed by atoms with Crippen molar-refractivity contribution in [3.63, 3.8) is 0 Å². The van der Waals surface area contributed by atoms with Crippen LogP contribution in [-0.2, 0) is 0 Å². The first kappa shape index (κ1) is 18.5.